The zero-order valence-electron chi connectivity index (χ0n) is 8.01. The fourth-order valence-corrected chi connectivity index (χ4v) is 1.44. The molecule has 1 aromatic rings. The number of rotatable bonds is 2. The number of anilines is 1. The van der Waals surface area contributed by atoms with Crippen molar-refractivity contribution < 1.29 is 18.0 Å². The maximum absolute atomic E-state index is 10.9. The van der Waals surface area contributed by atoms with E-state index in [4.69, 9.17) is 10.9 Å². The summed E-state index contributed by atoms with van der Waals surface area (Å²) < 4.78 is 21.8. The zero-order valence-corrected chi connectivity index (χ0v) is 8.82. The van der Waals surface area contributed by atoms with Gasteiger partial charge in [-0.2, -0.15) is 0 Å². The van der Waals surface area contributed by atoms with Gasteiger partial charge in [0.05, 0.1) is 4.90 Å². The van der Waals surface area contributed by atoms with Crippen molar-refractivity contribution in [2.24, 2.45) is 10.9 Å². The summed E-state index contributed by atoms with van der Waals surface area (Å²) in [4.78, 5) is 21.2. The van der Waals surface area contributed by atoms with Crippen molar-refractivity contribution >= 4 is 27.5 Å². The van der Waals surface area contributed by atoms with Crippen molar-refractivity contribution in [1.82, 2.24) is 0 Å². The summed E-state index contributed by atoms with van der Waals surface area (Å²) >= 11 is 0. The van der Waals surface area contributed by atoms with E-state index in [0.717, 1.165) is 0 Å². The molecule has 1 rings (SSSR count). The third-order valence-electron chi connectivity index (χ3n) is 1.66. The van der Waals surface area contributed by atoms with Gasteiger partial charge in [-0.05, 0) is 24.3 Å². The second-order valence-electron chi connectivity index (χ2n) is 2.89. The van der Waals surface area contributed by atoms with Gasteiger partial charge in [-0.1, -0.05) is 0 Å². The quantitative estimate of drug-likeness (QED) is 0.560. The van der Waals surface area contributed by atoms with Crippen LogP contribution in [0.25, 0.3) is 0 Å². The number of hydrogen-bond donors (Lipinski definition) is 3. The second-order valence-corrected chi connectivity index (χ2v) is 4.45. The van der Waals surface area contributed by atoms with E-state index in [1.807, 2.05) is 0 Å². The van der Waals surface area contributed by atoms with Crippen LogP contribution < -0.4 is 16.2 Å². The Bertz CT molecular complexity index is 521. The zero-order chi connectivity index (χ0) is 12.3. The summed E-state index contributed by atoms with van der Waals surface area (Å²) in [7, 11) is -3.77. The Balaban J connectivity index is 2.88. The Morgan fingerprint density at radius 2 is 1.62 bits per heavy atom. The predicted molar refractivity (Wildman–Crippen MR) is 55.6 cm³/mol. The highest BCUT2D eigenvalue weighted by molar-refractivity contribution is 7.89. The van der Waals surface area contributed by atoms with Gasteiger partial charge >= 0.3 is 11.8 Å². The molecule has 0 atom stereocenters. The molecule has 0 fully saturated rings. The lowest BCUT2D eigenvalue weighted by atomic mass is 10.3. The van der Waals surface area contributed by atoms with Crippen LogP contribution in [0.4, 0.5) is 5.69 Å². The van der Waals surface area contributed by atoms with Crippen LogP contribution in [-0.4, -0.2) is 20.2 Å². The highest BCUT2D eigenvalue weighted by Gasteiger charge is 2.10. The first-order valence-electron chi connectivity index (χ1n) is 4.04. The highest BCUT2D eigenvalue weighted by atomic mass is 32.2. The number of hydrogen-bond acceptors (Lipinski definition) is 4. The minimum absolute atomic E-state index is 0.0930. The standard InChI is InChI=1S/C8H9N3O4S/c9-7(12)8(13)11-5-1-3-6(4-2-5)16(10,14)15/h1-4H,(H2,9,12)(H,11,13)(H2,10,14,15). The highest BCUT2D eigenvalue weighted by Crippen LogP contribution is 2.12. The van der Waals surface area contributed by atoms with Crippen LogP contribution in [0, 0.1) is 0 Å². The molecule has 0 aliphatic rings. The number of nitrogens with one attached hydrogen (secondary N) is 1. The molecule has 8 heteroatoms. The minimum Gasteiger partial charge on any atom is -0.361 e. The number of benzene rings is 1. The van der Waals surface area contributed by atoms with Crippen LogP contribution in [0.1, 0.15) is 0 Å². The summed E-state index contributed by atoms with van der Waals surface area (Å²) in [5.41, 5.74) is 4.96. The Kier molecular flexibility index (Phi) is 3.25. The summed E-state index contributed by atoms with van der Waals surface area (Å²) in [6.07, 6.45) is 0. The van der Waals surface area contributed by atoms with Gasteiger partial charge in [-0.3, -0.25) is 9.59 Å². The molecular weight excluding hydrogens is 234 g/mol. The number of primary amides is 1. The molecule has 2 amide bonds. The van der Waals surface area contributed by atoms with Gasteiger partial charge in [0, 0.05) is 5.69 Å². The number of carbonyl (C=O) groups is 2. The molecule has 0 aliphatic heterocycles. The fraction of sp³-hybridized carbons (Fsp3) is 0. The molecule has 1 aromatic carbocycles. The van der Waals surface area contributed by atoms with Gasteiger partial charge in [0.1, 0.15) is 0 Å². The summed E-state index contributed by atoms with van der Waals surface area (Å²) in [6.45, 7) is 0. The van der Waals surface area contributed by atoms with Gasteiger partial charge in [0.2, 0.25) is 10.0 Å². The third-order valence-corrected chi connectivity index (χ3v) is 2.59. The third kappa shape index (κ3) is 3.04. The molecule has 0 saturated heterocycles. The van der Waals surface area contributed by atoms with E-state index < -0.39 is 21.8 Å². The first-order valence-corrected chi connectivity index (χ1v) is 5.59. The fourth-order valence-electron chi connectivity index (χ4n) is 0.921. The predicted octanol–water partition coefficient (Wildman–Crippen LogP) is -1.24. The van der Waals surface area contributed by atoms with Crippen LogP contribution in [0.15, 0.2) is 29.2 Å². The molecule has 5 N–H and O–H groups in total. The molecule has 0 spiro atoms. The number of amides is 2. The van der Waals surface area contributed by atoms with Crippen molar-refractivity contribution in [2.75, 3.05) is 5.32 Å². The maximum atomic E-state index is 10.9. The molecule has 0 radical (unpaired) electrons. The number of primary sulfonamides is 1. The molecule has 0 bridgehead atoms. The molecule has 0 aliphatic carbocycles. The Hall–Kier alpha value is -1.93. The lowest BCUT2D eigenvalue weighted by Crippen LogP contribution is -2.29. The molecule has 16 heavy (non-hydrogen) atoms. The van der Waals surface area contributed by atoms with Crippen molar-refractivity contribution in [2.45, 2.75) is 4.90 Å². The average Bonchev–Trinajstić information content (AvgIpc) is 2.17. The molecule has 0 aromatic heterocycles. The smallest absolute Gasteiger partial charge is 0.313 e. The van der Waals surface area contributed by atoms with E-state index in [1.165, 1.54) is 24.3 Å². The summed E-state index contributed by atoms with van der Waals surface area (Å²) in [5.74, 6) is -2.11. The monoisotopic (exact) mass is 243 g/mol. The van der Waals surface area contributed by atoms with E-state index in [1.54, 1.807) is 0 Å². The average molecular weight is 243 g/mol. The van der Waals surface area contributed by atoms with Crippen molar-refractivity contribution in [3.63, 3.8) is 0 Å². The number of carbonyl (C=O) groups excluding carboxylic acids is 2. The van der Waals surface area contributed by atoms with Crippen LogP contribution in [0.2, 0.25) is 0 Å². The molecule has 0 saturated carbocycles. The maximum Gasteiger partial charge on any atom is 0.313 e. The van der Waals surface area contributed by atoms with E-state index >= 15 is 0 Å². The Morgan fingerprint density at radius 3 is 2.00 bits per heavy atom. The van der Waals surface area contributed by atoms with E-state index in [0.29, 0.717) is 0 Å². The van der Waals surface area contributed by atoms with Crippen LogP contribution in [0.3, 0.4) is 0 Å². The first kappa shape index (κ1) is 12.1. The molecular formula is C8H9N3O4S. The molecule has 0 unspecified atom stereocenters. The van der Waals surface area contributed by atoms with Gasteiger partial charge in [-0.25, -0.2) is 13.6 Å². The topological polar surface area (TPSA) is 132 Å². The summed E-state index contributed by atoms with van der Waals surface area (Å²) in [5, 5.41) is 7.04. The minimum atomic E-state index is -3.77. The van der Waals surface area contributed by atoms with Gasteiger partial charge in [0.25, 0.3) is 0 Å². The number of sulfonamides is 1. The van der Waals surface area contributed by atoms with Crippen LogP contribution in [0.5, 0.6) is 0 Å². The van der Waals surface area contributed by atoms with E-state index in [9.17, 15) is 18.0 Å². The largest absolute Gasteiger partial charge is 0.361 e. The lowest BCUT2D eigenvalue weighted by Gasteiger charge is -2.03. The number of nitrogens with two attached hydrogens (primary N) is 2. The van der Waals surface area contributed by atoms with Gasteiger partial charge < -0.3 is 11.1 Å². The second kappa shape index (κ2) is 4.29. The Morgan fingerprint density at radius 1 is 1.12 bits per heavy atom. The first-order chi connectivity index (χ1) is 7.30. The molecule has 86 valence electrons. The van der Waals surface area contributed by atoms with Crippen molar-refractivity contribution in [1.29, 1.82) is 0 Å². The SMILES string of the molecule is NC(=O)C(=O)Nc1ccc(S(N)(=O)=O)cc1. The van der Waals surface area contributed by atoms with Crippen LogP contribution >= 0.6 is 0 Å². The van der Waals surface area contributed by atoms with Crippen molar-refractivity contribution in [3.05, 3.63) is 24.3 Å². The lowest BCUT2D eigenvalue weighted by molar-refractivity contribution is -0.134. The molecule has 7 nitrogen and oxygen atoms in total. The van der Waals surface area contributed by atoms with Crippen molar-refractivity contribution in [3.8, 4) is 0 Å². The van der Waals surface area contributed by atoms with Gasteiger partial charge in [-0.15, -0.1) is 0 Å². The molecule has 0 heterocycles. The Labute approximate surface area is 91.5 Å². The van der Waals surface area contributed by atoms with Crippen LogP contribution in [-0.2, 0) is 19.6 Å². The van der Waals surface area contributed by atoms with E-state index in [-0.39, 0.29) is 10.6 Å². The van der Waals surface area contributed by atoms with E-state index in [2.05, 4.69) is 5.32 Å². The summed E-state index contributed by atoms with van der Waals surface area (Å²) in [6, 6.07) is 4.99. The normalized spacial score (nSPS) is 10.8. The van der Waals surface area contributed by atoms with Gasteiger partial charge in [0.15, 0.2) is 0 Å².